The lowest BCUT2D eigenvalue weighted by molar-refractivity contribution is -0.137. The zero-order valence-electron chi connectivity index (χ0n) is 15.2. The van der Waals surface area contributed by atoms with Crippen molar-refractivity contribution in [3.8, 4) is 11.5 Å². The Morgan fingerprint density at radius 3 is 2.45 bits per heavy atom. The van der Waals surface area contributed by atoms with Crippen LogP contribution >= 0.6 is 23.4 Å². The largest absolute Gasteiger partial charge is 0.457 e. The van der Waals surface area contributed by atoms with Crippen molar-refractivity contribution in [2.24, 2.45) is 0 Å². The number of benzene rings is 2. The van der Waals surface area contributed by atoms with Crippen molar-refractivity contribution in [3.63, 3.8) is 0 Å². The number of hydrogen-bond donors (Lipinski definition) is 1. The molecule has 1 N–H and O–H groups in total. The van der Waals surface area contributed by atoms with Gasteiger partial charge in [0.25, 0.3) is 5.56 Å². The van der Waals surface area contributed by atoms with E-state index >= 15 is 0 Å². The molecule has 0 amide bonds. The van der Waals surface area contributed by atoms with Crippen molar-refractivity contribution < 1.29 is 17.9 Å². The summed E-state index contributed by atoms with van der Waals surface area (Å²) in [6.45, 7) is 1.89. The Bertz CT molecular complexity index is 1050. The number of halogens is 4. The molecule has 0 aliphatic heterocycles. The molecule has 9 heteroatoms. The zero-order valence-corrected chi connectivity index (χ0v) is 16.8. The molecule has 4 nitrogen and oxygen atoms in total. The average Bonchev–Trinajstić information content (AvgIpc) is 2.68. The first-order valence-electron chi connectivity index (χ1n) is 8.61. The second-order valence-electron chi connectivity index (χ2n) is 6.06. The number of H-pyrrole nitrogens is 1. The fourth-order valence-electron chi connectivity index (χ4n) is 2.46. The fraction of sp³-hybridized carbons (Fsp3) is 0.200. The average molecular weight is 441 g/mol. The maximum absolute atomic E-state index is 12.9. The first-order valence-corrected chi connectivity index (χ1v) is 9.97. The third-order valence-electron chi connectivity index (χ3n) is 4.01. The summed E-state index contributed by atoms with van der Waals surface area (Å²) in [6.07, 6.45) is -2.27. The van der Waals surface area contributed by atoms with E-state index in [-0.39, 0.29) is 16.3 Å². The van der Waals surface area contributed by atoms with Gasteiger partial charge in [-0.05, 0) is 42.3 Å². The molecule has 1 aromatic heterocycles. The second-order valence-corrected chi connectivity index (χ2v) is 7.43. The number of thioether (sulfide) groups is 1. The molecule has 29 heavy (non-hydrogen) atoms. The molecule has 0 saturated carbocycles. The highest BCUT2D eigenvalue weighted by molar-refractivity contribution is 7.98. The van der Waals surface area contributed by atoms with Gasteiger partial charge in [-0.2, -0.15) is 18.2 Å². The highest BCUT2D eigenvalue weighted by atomic mass is 35.5. The number of ether oxygens (including phenoxy) is 1. The number of aryl methyl sites for hydroxylation is 1. The van der Waals surface area contributed by atoms with E-state index in [2.05, 4.69) is 9.97 Å². The van der Waals surface area contributed by atoms with Crippen LogP contribution in [-0.2, 0) is 18.3 Å². The Hall–Kier alpha value is -2.45. The number of aromatic nitrogens is 2. The molecule has 152 valence electrons. The van der Waals surface area contributed by atoms with Gasteiger partial charge in [0.1, 0.15) is 11.5 Å². The standard InChI is InChI=1S/C20H16ClF3N2O2S/c1-2-13-10-25-19(26-18(13)27)29-11-12-3-5-14(6-4-12)28-15-7-8-17(21)16(9-15)20(22,23)24/h3-10H,2,11H2,1H3,(H,25,26,27). The van der Waals surface area contributed by atoms with Crippen molar-refractivity contribution in [2.75, 3.05) is 0 Å². The minimum absolute atomic E-state index is 0.0432. The Morgan fingerprint density at radius 2 is 1.83 bits per heavy atom. The number of hydrogen-bond acceptors (Lipinski definition) is 4. The monoisotopic (exact) mass is 440 g/mol. The zero-order chi connectivity index (χ0) is 21.0. The molecular formula is C20H16ClF3N2O2S. The summed E-state index contributed by atoms with van der Waals surface area (Å²) >= 11 is 6.99. The van der Waals surface area contributed by atoms with E-state index in [1.165, 1.54) is 17.8 Å². The first-order chi connectivity index (χ1) is 13.8. The molecule has 0 atom stereocenters. The summed E-state index contributed by atoms with van der Waals surface area (Å²) in [7, 11) is 0. The smallest absolute Gasteiger partial charge is 0.417 e. The van der Waals surface area contributed by atoms with Crippen molar-refractivity contribution in [3.05, 3.63) is 80.7 Å². The van der Waals surface area contributed by atoms with Gasteiger partial charge >= 0.3 is 6.18 Å². The summed E-state index contributed by atoms with van der Waals surface area (Å²) in [4.78, 5) is 18.7. The maximum Gasteiger partial charge on any atom is 0.417 e. The lowest BCUT2D eigenvalue weighted by atomic mass is 10.2. The van der Waals surface area contributed by atoms with E-state index in [0.717, 1.165) is 17.7 Å². The lowest BCUT2D eigenvalue weighted by Crippen LogP contribution is -2.13. The van der Waals surface area contributed by atoms with Gasteiger partial charge in [0.05, 0.1) is 10.6 Å². The van der Waals surface area contributed by atoms with E-state index in [9.17, 15) is 18.0 Å². The van der Waals surface area contributed by atoms with Gasteiger partial charge in [-0.25, -0.2) is 0 Å². The highest BCUT2D eigenvalue weighted by Crippen LogP contribution is 2.37. The number of alkyl halides is 3. The number of aromatic amines is 1. The summed E-state index contributed by atoms with van der Waals surface area (Å²) in [6, 6.07) is 10.3. The van der Waals surface area contributed by atoms with Crippen LogP contribution in [-0.4, -0.2) is 9.97 Å². The van der Waals surface area contributed by atoms with E-state index in [1.807, 2.05) is 6.92 Å². The summed E-state index contributed by atoms with van der Waals surface area (Å²) in [5, 5.41) is 0.143. The van der Waals surface area contributed by atoms with Crippen LogP contribution in [0.3, 0.4) is 0 Å². The topological polar surface area (TPSA) is 55.0 Å². The quantitative estimate of drug-likeness (QED) is 0.372. The fourth-order valence-corrected chi connectivity index (χ4v) is 3.47. The van der Waals surface area contributed by atoms with Gasteiger partial charge in [-0.1, -0.05) is 42.4 Å². The molecule has 0 radical (unpaired) electrons. The van der Waals surface area contributed by atoms with Gasteiger partial charge in [0.2, 0.25) is 0 Å². The van der Waals surface area contributed by atoms with Gasteiger partial charge in [0, 0.05) is 17.5 Å². The highest BCUT2D eigenvalue weighted by Gasteiger charge is 2.33. The maximum atomic E-state index is 12.9. The Kier molecular flexibility index (Phi) is 6.54. The van der Waals surface area contributed by atoms with Crippen LogP contribution in [0.2, 0.25) is 5.02 Å². The van der Waals surface area contributed by atoms with E-state index in [1.54, 1.807) is 30.5 Å². The van der Waals surface area contributed by atoms with Crippen molar-refractivity contribution in [1.82, 2.24) is 9.97 Å². The molecule has 2 aromatic carbocycles. The van der Waals surface area contributed by atoms with Gasteiger partial charge in [-0.15, -0.1) is 0 Å². The predicted molar refractivity (Wildman–Crippen MR) is 107 cm³/mol. The van der Waals surface area contributed by atoms with Crippen LogP contribution < -0.4 is 10.3 Å². The second kappa shape index (κ2) is 8.92. The van der Waals surface area contributed by atoms with E-state index in [0.29, 0.717) is 28.6 Å². The predicted octanol–water partition coefficient (Wildman–Crippen LogP) is 6.09. The summed E-state index contributed by atoms with van der Waals surface area (Å²) in [5.74, 6) is 1.00. The van der Waals surface area contributed by atoms with E-state index < -0.39 is 11.7 Å². The molecule has 0 aliphatic carbocycles. The van der Waals surface area contributed by atoms with Crippen molar-refractivity contribution in [2.45, 2.75) is 30.4 Å². The van der Waals surface area contributed by atoms with Crippen molar-refractivity contribution >= 4 is 23.4 Å². The molecule has 3 aromatic rings. The molecule has 0 saturated heterocycles. The van der Waals surface area contributed by atoms with Gasteiger partial charge < -0.3 is 9.72 Å². The van der Waals surface area contributed by atoms with Crippen LogP contribution in [0.15, 0.2) is 58.6 Å². The molecule has 3 rings (SSSR count). The summed E-state index contributed by atoms with van der Waals surface area (Å²) < 4.78 is 44.3. The molecule has 0 aliphatic rings. The molecule has 1 heterocycles. The first kappa shape index (κ1) is 21.3. The van der Waals surface area contributed by atoms with Crippen LogP contribution in [0.25, 0.3) is 0 Å². The third-order valence-corrected chi connectivity index (χ3v) is 5.30. The Morgan fingerprint density at radius 1 is 1.14 bits per heavy atom. The Labute approximate surface area is 174 Å². The molecule has 0 unspecified atom stereocenters. The van der Waals surface area contributed by atoms with Crippen LogP contribution in [0.5, 0.6) is 11.5 Å². The minimum atomic E-state index is -4.55. The van der Waals surface area contributed by atoms with E-state index in [4.69, 9.17) is 16.3 Å². The normalized spacial score (nSPS) is 11.5. The minimum Gasteiger partial charge on any atom is -0.457 e. The molecule has 0 spiro atoms. The third kappa shape index (κ3) is 5.55. The van der Waals surface area contributed by atoms with Crippen LogP contribution in [0.1, 0.15) is 23.6 Å². The Balaban J connectivity index is 1.65. The van der Waals surface area contributed by atoms with Crippen molar-refractivity contribution in [1.29, 1.82) is 0 Å². The number of nitrogens with one attached hydrogen (secondary N) is 1. The van der Waals surface area contributed by atoms with Crippen LogP contribution in [0.4, 0.5) is 13.2 Å². The van der Waals surface area contributed by atoms with Gasteiger partial charge in [-0.3, -0.25) is 4.79 Å². The summed E-state index contributed by atoms with van der Waals surface area (Å²) in [5.41, 5.74) is 0.391. The number of rotatable bonds is 6. The molecule has 0 bridgehead atoms. The molecular weight excluding hydrogens is 425 g/mol. The van der Waals surface area contributed by atoms with Crippen LogP contribution in [0, 0.1) is 0 Å². The SMILES string of the molecule is CCc1c[nH]c(SCc2ccc(Oc3ccc(Cl)c(C(F)(F)F)c3)cc2)nc1=O. The lowest BCUT2D eigenvalue weighted by Gasteiger charge is -2.12. The van der Waals surface area contributed by atoms with Gasteiger partial charge in [0.15, 0.2) is 5.16 Å². The number of nitrogens with zero attached hydrogens (tertiary/aromatic N) is 1. The molecule has 0 fully saturated rings.